The Labute approximate surface area is 140 Å². The minimum absolute atomic E-state index is 0.0671. The predicted molar refractivity (Wildman–Crippen MR) is 94.0 cm³/mol. The summed E-state index contributed by atoms with van der Waals surface area (Å²) in [5.41, 5.74) is 3.50. The smallest absolute Gasteiger partial charge is 0.223 e. The van der Waals surface area contributed by atoms with Crippen LogP contribution in [0.5, 0.6) is 5.75 Å². The normalized spacial score (nSPS) is 19.3. The molecule has 2 atom stereocenters. The summed E-state index contributed by atoms with van der Waals surface area (Å²) >= 11 is 0. The lowest BCUT2D eigenvalue weighted by Gasteiger charge is -2.05. The van der Waals surface area contributed by atoms with Gasteiger partial charge in [-0.2, -0.15) is 0 Å². The molecular formula is C20H20N2O2. The fourth-order valence-corrected chi connectivity index (χ4v) is 3.36. The molecule has 1 aromatic heterocycles. The number of aromatic amines is 1. The molecule has 1 heterocycles. The molecule has 0 aliphatic heterocycles. The molecule has 1 fully saturated rings. The Bertz CT molecular complexity index is 867. The Hall–Kier alpha value is -2.75. The highest BCUT2D eigenvalue weighted by Crippen LogP contribution is 2.47. The van der Waals surface area contributed by atoms with E-state index in [0.717, 1.165) is 23.9 Å². The van der Waals surface area contributed by atoms with Gasteiger partial charge < -0.3 is 15.4 Å². The molecule has 2 aromatic carbocycles. The summed E-state index contributed by atoms with van der Waals surface area (Å²) in [6, 6.07) is 15.4. The quantitative estimate of drug-likeness (QED) is 0.675. The number of phenols is 1. The summed E-state index contributed by atoms with van der Waals surface area (Å²) in [6.07, 6.45) is 3.74. The lowest BCUT2D eigenvalue weighted by atomic mass is 10.1. The fourth-order valence-electron chi connectivity index (χ4n) is 3.36. The molecule has 3 N–H and O–H groups in total. The van der Waals surface area contributed by atoms with Crippen LogP contribution in [0.3, 0.4) is 0 Å². The van der Waals surface area contributed by atoms with Crippen molar-refractivity contribution in [2.24, 2.45) is 5.92 Å². The topological polar surface area (TPSA) is 65.1 Å². The first-order valence-corrected chi connectivity index (χ1v) is 8.34. The molecule has 0 spiro atoms. The van der Waals surface area contributed by atoms with Gasteiger partial charge in [-0.1, -0.05) is 30.3 Å². The highest BCUT2D eigenvalue weighted by Gasteiger charge is 2.43. The second-order valence-corrected chi connectivity index (χ2v) is 6.44. The van der Waals surface area contributed by atoms with Gasteiger partial charge in [0.15, 0.2) is 0 Å². The van der Waals surface area contributed by atoms with Crippen molar-refractivity contribution in [2.45, 2.75) is 18.8 Å². The number of H-pyrrole nitrogens is 1. The van der Waals surface area contributed by atoms with Crippen LogP contribution in [0.15, 0.2) is 54.7 Å². The molecule has 1 saturated carbocycles. The molecule has 1 aliphatic rings. The first-order chi connectivity index (χ1) is 11.7. The molecule has 122 valence electrons. The summed E-state index contributed by atoms with van der Waals surface area (Å²) in [4.78, 5) is 15.5. The van der Waals surface area contributed by atoms with Crippen LogP contribution in [0, 0.1) is 5.92 Å². The Balaban J connectivity index is 1.31. The van der Waals surface area contributed by atoms with Gasteiger partial charge in [0.2, 0.25) is 5.91 Å². The van der Waals surface area contributed by atoms with Gasteiger partial charge >= 0.3 is 0 Å². The summed E-state index contributed by atoms with van der Waals surface area (Å²) in [5, 5.41) is 13.6. The molecule has 2 unspecified atom stereocenters. The Kier molecular flexibility index (Phi) is 3.73. The number of para-hydroxylation sites is 1. The van der Waals surface area contributed by atoms with Gasteiger partial charge in [-0.3, -0.25) is 4.79 Å². The monoisotopic (exact) mass is 320 g/mol. The van der Waals surface area contributed by atoms with E-state index < -0.39 is 0 Å². The van der Waals surface area contributed by atoms with Crippen LogP contribution in [-0.4, -0.2) is 22.5 Å². The zero-order chi connectivity index (χ0) is 16.5. The van der Waals surface area contributed by atoms with Crippen molar-refractivity contribution in [1.82, 2.24) is 10.3 Å². The molecule has 1 aliphatic carbocycles. The molecule has 3 aromatic rings. The van der Waals surface area contributed by atoms with Crippen LogP contribution in [-0.2, 0) is 11.2 Å². The van der Waals surface area contributed by atoms with E-state index in [9.17, 15) is 9.90 Å². The maximum Gasteiger partial charge on any atom is 0.223 e. The molecule has 4 heteroatoms. The second-order valence-electron chi connectivity index (χ2n) is 6.44. The molecular weight excluding hydrogens is 300 g/mol. The van der Waals surface area contributed by atoms with Crippen molar-refractivity contribution in [3.05, 3.63) is 65.9 Å². The van der Waals surface area contributed by atoms with E-state index in [1.807, 2.05) is 30.5 Å². The van der Waals surface area contributed by atoms with Gasteiger partial charge in [-0.15, -0.1) is 0 Å². The van der Waals surface area contributed by atoms with E-state index in [2.05, 4.69) is 22.4 Å². The number of hydrogen-bond donors (Lipinski definition) is 3. The minimum atomic E-state index is 0.0671. The number of benzene rings is 2. The summed E-state index contributed by atoms with van der Waals surface area (Å²) in [5.74, 6) is 0.753. The largest absolute Gasteiger partial charge is 0.508 e. The number of rotatable bonds is 5. The average Bonchev–Trinajstić information content (AvgIpc) is 3.30. The maximum absolute atomic E-state index is 12.3. The molecule has 0 radical (unpaired) electrons. The van der Waals surface area contributed by atoms with Crippen molar-refractivity contribution in [3.63, 3.8) is 0 Å². The molecule has 1 amide bonds. The average molecular weight is 320 g/mol. The lowest BCUT2D eigenvalue weighted by Crippen LogP contribution is -2.27. The van der Waals surface area contributed by atoms with Gasteiger partial charge in [-0.25, -0.2) is 0 Å². The van der Waals surface area contributed by atoms with E-state index in [1.165, 1.54) is 10.9 Å². The van der Waals surface area contributed by atoms with Crippen molar-refractivity contribution < 1.29 is 9.90 Å². The van der Waals surface area contributed by atoms with E-state index in [4.69, 9.17) is 0 Å². The number of aromatic hydroxyl groups is 1. The third kappa shape index (κ3) is 2.87. The van der Waals surface area contributed by atoms with Crippen LogP contribution in [0.2, 0.25) is 0 Å². The molecule has 0 bridgehead atoms. The summed E-state index contributed by atoms with van der Waals surface area (Å²) in [7, 11) is 0. The highest BCUT2D eigenvalue weighted by atomic mass is 16.3. The van der Waals surface area contributed by atoms with Crippen LogP contribution in [0.4, 0.5) is 0 Å². The first kappa shape index (κ1) is 14.8. The number of carbonyl (C=O) groups is 1. The molecule has 4 rings (SSSR count). The van der Waals surface area contributed by atoms with E-state index in [0.29, 0.717) is 12.5 Å². The van der Waals surface area contributed by atoms with Crippen LogP contribution in [0.25, 0.3) is 10.9 Å². The Morgan fingerprint density at radius 1 is 1.17 bits per heavy atom. The Morgan fingerprint density at radius 2 is 1.96 bits per heavy atom. The van der Waals surface area contributed by atoms with Crippen molar-refractivity contribution in [2.75, 3.05) is 6.54 Å². The summed E-state index contributed by atoms with van der Waals surface area (Å²) < 4.78 is 0. The number of amides is 1. The predicted octanol–water partition coefficient (Wildman–Crippen LogP) is 3.34. The van der Waals surface area contributed by atoms with Crippen LogP contribution in [0.1, 0.15) is 23.5 Å². The van der Waals surface area contributed by atoms with Crippen molar-refractivity contribution >= 4 is 16.8 Å². The third-order valence-corrected chi connectivity index (χ3v) is 4.82. The molecule has 24 heavy (non-hydrogen) atoms. The number of aromatic nitrogens is 1. The maximum atomic E-state index is 12.3. The van der Waals surface area contributed by atoms with E-state index in [1.54, 1.807) is 12.1 Å². The third-order valence-electron chi connectivity index (χ3n) is 4.82. The number of carbonyl (C=O) groups excluding carboxylic acids is 1. The fraction of sp³-hybridized carbons (Fsp3) is 0.250. The standard InChI is InChI=1S/C20H20N2O2/c23-15-7-5-13(6-8-15)17-11-18(17)20(24)21-10-9-14-12-22-19-4-2-1-3-16(14)19/h1-8,12,17-18,22-23H,9-11H2,(H,21,24). The van der Waals surface area contributed by atoms with E-state index in [-0.39, 0.29) is 17.6 Å². The number of hydrogen-bond acceptors (Lipinski definition) is 2. The number of nitrogens with one attached hydrogen (secondary N) is 2. The van der Waals surface area contributed by atoms with Crippen LogP contribution < -0.4 is 5.32 Å². The summed E-state index contributed by atoms with van der Waals surface area (Å²) in [6.45, 7) is 0.652. The van der Waals surface area contributed by atoms with Crippen LogP contribution >= 0.6 is 0 Å². The zero-order valence-electron chi connectivity index (χ0n) is 13.3. The van der Waals surface area contributed by atoms with Crippen molar-refractivity contribution in [1.29, 1.82) is 0 Å². The lowest BCUT2D eigenvalue weighted by molar-refractivity contribution is -0.122. The zero-order valence-corrected chi connectivity index (χ0v) is 13.3. The SMILES string of the molecule is O=C(NCCc1c[nH]c2ccccc12)C1CC1c1ccc(O)cc1. The first-order valence-electron chi connectivity index (χ1n) is 8.34. The van der Waals surface area contributed by atoms with Crippen molar-refractivity contribution in [3.8, 4) is 5.75 Å². The highest BCUT2D eigenvalue weighted by molar-refractivity contribution is 5.84. The Morgan fingerprint density at radius 3 is 2.79 bits per heavy atom. The number of fused-ring (bicyclic) bond motifs is 1. The molecule has 0 saturated heterocycles. The minimum Gasteiger partial charge on any atom is -0.508 e. The second kappa shape index (κ2) is 6.04. The van der Waals surface area contributed by atoms with Gasteiger partial charge in [0.25, 0.3) is 0 Å². The van der Waals surface area contributed by atoms with Gasteiger partial charge in [-0.05, 0) is 48.1 Å². The molecule has 4 nitrogen and oxygen atoms in total. The van der Waals surface area contributed by atoms with Gasteiger partial charge in [0.1, 0.15) is 5.75 Å². The van der Waals surface area contributed by atoms with Gasteiger partial charge in [0.05, 0.1) is 0 Å². The number of phenolic OH excluding ortho intramolecular Hbond substituents is 1. The van der Waals surface area contributed by atoms with E-state index >= 15 is 0 Å². The van der Waals surface area contributed by atoms with Gasteiger partial charge in [0, 0.05) is 29.6 Å².